The topological polar surface area (TPSA) is 68.0 Å². The zero-order chi connectivity index (χ0) is 12.4. The van der Waals surface area contributed by atoms with Crippen LogP contribution < -0.4 is 0 Å². The summed E-state index contributed by atoms with van der Waals surface area (Å²) in [5.74, 6) is -0.975. The summed E-state index contributed by atoms with van der Waals surface area (Å²) < 4.78 is 1.76. The quantitative estimate of drug-likeness (QED) is 0.876. The zero-order valence-corrected chi connectivity index (χ0v) is 9.71. The predicted molar refractivity (Wildman–Crippen MR) is 62.8 cm³/mol. The minimum absolute atomic E-state index is 0.200. The molecule has 5 heteroatoms. The van der Waals surface area contributed by atoms with Crippen LogP contribution in [0.4, 0.5) is 0 Å². The van der Waals surface area contributed by atoms with E-state index in [1.54, 1.807) is 16.9 Å². The van der Waals surface area contributed by atoms with Crippen molar-refractivity contribution in [2.75, 3.05) is 0 Å². The first-order valence-corrected chi connectivity index (χ1v) is 5.34. The van der Waals surface area contributed by atoms with E-state index in [1.165, 1.54) is 6.20 Å². The maximum Gasteiger partial charge on any atom is 0.337 e. The molecule has 17 heavy (non-hydrogen) atoms. The molecule has 0 aliphatic heterocycles. The fraction of sp³-hybridized carbons (Fsp3) is 0.250. The predicted octanol–water partition coefficient (Wildman–Crippen LogP) is 1.97. The van der Waals surface area contributed by atoms with E-state index < -0.39 is 5.97 Å². The van der Waals surface area contributed by atoms with Crippen LogP contribution in [0.3, 0.4) is 0 Å². The Morgan fingerprint density at radius 3 is 2.82 bits per heavy atom. The van der Waals surface area contributed by atoms with Gasteiger partial charge in [-0.3, -0.25) is 9.67 Å². The fourth-order valence-corrected chi connectivity index (χ4v) is 1.64. The van der Waals surface area contributed by atoms with Gasteiger partial charge in [0.1, 0.15) is 0 Å². The lowest BCUT2D eigenvalue weighted by molar-refractivity contribution is 0.0697. The first-order chi connectivity index (χ1) is 8.11. The third-order valence-corrected chi connectivity index (χ3v) is 2.54. The Balaban J connectivity index is 2.56. The number of nitrogens with zero attached hydrogens (tertiary/aromatic N) is 3. The second-order valence-electron chi connectivity index (χ2n) is 3.76. The number of carbonyl (C=O) groups is 1. The molecule has 2 heterocycles. The van der Waals surface area contributed by atoms with Gasteiger partial charge in [0.25, 0.3) is 0 Å². The van der Waals surface area contributed by atoms with Gasteiger partial charge in [-0.15, -0.1) is 0 Å². The number of aromatic nitrogens is 3. The van der Waals surface area contributed by atoms with Gasteiger partial charge in [-0.1, -0.05) is 0 Å². The number of pyridine rings is 1. The molecular weight excluding hydrogens is 218 g/mol. The first kappa shape index (κ1) is 11.3. The molecule has 0 fully saturated rings. The Kier molecular flexibility index (Phi) is 2.91. The van der Waals surface area contributed by atoms with Crippen LogP contribution in [0.15, 0.2) is 24.7 Å². The number of aromatic carboxylic acids is 1. The van der Waals surface area contributed by atoms with Gasteiger partial charge < -0.3 is 5.11 Å². The SMILES string of the molecule is CCn1cc(-c2cc(C)ncc2C(=O)O)cn1. The summed E-state index contributed by atoms with van der Waals surface area (Å²) >= 11 is 0. The highest BCUT2D eigenvalue weighted by molar-refractivity contribution is 5.95. The lowest BCUT2D eigenvalue weighted by Gasteiger charge is -2.04. The van der Waals surface area contributed by atoms with E-state index in [1.807, 2.05) is 20.0 Å². The van der Waals surface area contributed by atoms with Gasteiger partial charge in [-0.25, -0.2) is 4.79 Å². The number of hydrogen-bond donors (Lipinski definition) is 1. The van der Waals surface area contributed by atoms with Crippen LogP contribution in [-0.4, -0.2) is 25.8 Å². The third kappa shape index (κ3) is 2.18. The molecule has 0 saturated carbocycles. The summed E-state index contributed by atoms with van der Waals surface area (Å²) in [6, 6.07) is 1.76. The van der Waals surface area contributed by atoms with Gasteiger partial charge in [0, 0.05) is 35.8 Å². The summed E-state index contributed by atoms with van der Waals surface area (Å²) in [6.45, 7) is 4.57. The average molecular weight is 231 g/mol. The van der Waals surface area contributed by atoms with Crippen molar-refractivity contribution in [3.05, 3.63) is 35.9 Å². The van der Waals surface area contributed by atoms with Crippen molar-refractivity contribution < 1.29 is 9.90 Å². The Hall–Kier alpha value is -2.17. The van der Waals surface area contributed by atoms with Crippen LogP contribution in [0.2, 0.25) is 0 Å². The number of carboxylic acid groups (broad SMARTS) is 1. The van der Waals surface area contributed by atoms with Crippen LogP contribution in [0.25, 0.3) is 11.1 Å². The fourth-order valence-electron chi connectivity index (χ4n) is 1.64. The molecule has 0 spiro atoms. The van der Waals surface area contributed by atoms with Gasteiger partial charge in [-0.05, 0) is 19.9 Å². The van der Waals surface area contributed by atoms with Crippen molar-refractivity contribution in [2.24, 2.45) is 0 Å². The standard InChI is InChI=1S/C12H13N3O2/c1-3-15-7-9(5-14-15)10-4-8(2)13-6-11(10)12(16)17/h4-7H,3H2,1-2H3,(H,16,17). The Morgan fingerprint density at radius 2 is 2.24 bits per heavy atom. The number of hydrogen-bond acceptors (Lipinski definition) is 3. The van der Waals surface area contributed by atoms with Crippen molar-refractivity contribution in [2.45, 2.75) is 20.4 Å². The average Bonchev–Trinajstić information content (AvgIpc) is 2.76. The molecule has 0 radical (unpaired) electrons. The van der Waals surface area contributed by atoms with E-state index in [2.05, 4.69) is 10.1 Å². The Bertz CT molecular complexity index is 561. The molecular formula is C12H13N3O2. The Labute approximate surface area is 98.7 Å². The second kappa shape index (κ2) is 4.37. The molecule has 1 N–H and O–H groups in total. The van der Waals surface area contributed by atoms with E-state index in [9.17, 15) is 4.79 Å². The summed E-state index contributed by atoms with van der Waals surface area (Å²) in [7, 11) is 0. The first-order valence-electron chi connectivity index (χ1n) is 5.34. The molecule has 2 aromatic rings. The molecule has 0 aromatic carbocycles. The lowest BCUT2D eigenvalue weighted by Crippen LogP contribution is -2.01. The molecule has 0 saturated heterocycles. The summed E-state index contributed by atoms with van der Waals surface area (Å²) in [5, 5.41) is 13.3. The van der Waals surface area contributed by atoms with Gasteiger partial charge in [0.15, 0.2) is 0 Å². The normalized spacial score (nSPS) is 10.5. The van der Waals surface area contributed by atoms with Crippen molar-refractivity contribution in [1.82, 2.24) is 14.8 Å². The maximum atomic E-state index is 11.1. The van der Waals surface area contributed by atoms with Crippen LogP contribution in [0.5, 0.6) is 0 Å². The molecule has 0 unspecified atom stereocenters. The molecule has 0 bridgehead atoms. The van der Waals surface area contributed by atoms with E-state index in [0.29, 0.717) is 5.56 Å². The molecule has 0 amide bonds. The van der Waals surface area contributed by atoms with Crippen LogP contribution in [-0.2, 0) is 6.54 Å². The zero-order valence-electron chi connectivity index (χ0n) is 9.71. The largest absolute Gasteiger partial charge is 0.478 e. The van der Waals surface area contributed by atoms with Gasteiger partial charge in [-0.2, -0.15) is 5.10 Å². The highest BCUT2D eigenvalue weighted by atomic mass is 16.4. The number of aryl methyl sites for hydroxylation is 2. The molecule has 2 rings (SSSR count). The summed E-state index contributed by atoms with van der Waals surface area (Å²) in [5.41, 5.74) is 2.44. The van der Waals surface area contributed by atoms with Crippen molar-refractivity contribution in [3.8, 4) is 11.1 Å². The highest BCUT2D eigenvalue weighted by Gasteiger charge is 2.13. The molecule has 0 atom stereocenters. The summed E-state index contributed by atoms with van der Waals surface area (Å²) in [6.07, 6.45) is 4.89. The molecule has 5 nitrogen and oxygen atoms in total. The monoisotopic (exact) mass is 231 g/mol. The minimum atomic E-state index is -0.975. The van der Waals surface area contributed by atoms with Gasteiger partial charge >= 0.3 is 5.97 Å². The summed E-state index contributed by atoms with van der Waals surface area (Å²) in [4.78, 5) is 15.1. The van der Waals surface area contributed by atoms with Crippen molar-refractivity contribution >= 4 is 5.97 Å². The van der Waals surface area contributed by atoms with Gasteiger partial charge in [0.05, 0.1) is 11.8 Å². The second-order valence-corrected chi connectivity index (χ2v) is 3.76. The Morgan fingerprint density at radius 1 is 1.47 bits per heavy atom. The van der Waals surface area contributed by atoms with Crippen LogP contribution in [0, 0.1) is 6.92 Å². The molecule has 0 aliphatic rings. The number of rotatable bonds is 3. The van der Waals surface area contributed by atoms with Gasteiger partial charge in [0.2, 0.25) is 0 Å². The van der Waals surface area contributed by atoms with E-state index >= 15 is 0 Å². The van der Waals surface area contributed by atoms with Crippen LogP contribution >= 0.6 is 0 Å². The highest BCUT2D eigenvalue weighted by Crippen LogP contribution is 2.23. The van der Waals surface area contributed by atoms with E-state index in [0.717, 1.165) is 17.8 Å². The lowest BCUT2D eigenvalue weighted by atomic mass is 10.0. The molecule has 88 valence electrons. The maximum absolute atomic E-state index is 11.1. The third-order valence-electron chi connectivity index (χ3n) is 2.54. The minimum Gasteiger partial charge on any atom is -0.478 e. The number of carboxylic acids is 1. The molecule has 2 aromatic heterocycles. The molecule has 0 aliphatic carbocycles. The van der Waals surface area contributed by atoms with E-state index in [-0.39, 0.29) is 5.56 Å². The van der Waals surface area contributed by atoms with Crippen molar-refractivity contribution in [1.29, 1.82) is 0 Å². The van der Waals surface area contributed by atoms with Crippen molar-refractivity contribution in [3.63, 3.8) is 0 Å². The smallest absolute Gasteiger partial charge is 0.337 e. The van der Waals surface area contributed by atoms with E-state index in [4.69, 9.17) is 5.11 Å². The van der Waals surface area contributed by atoms with Crippen LogP contribution in [0.1, 0.15) is 23.0 Å².